The molecule has 1 unspecified atom stereocenters. The molecule has 1 aliphatic carbocycles. The molecule has 0 radical (unpaired) electrons. The van der Waals surface area contributed by atoms with Gasteiger partial charge in [-0.3, -0.25) is 11.3 Å². The Kier molecular flexibility index (Phi) is 5.70. The van der Waals surface area contributed by atoms with Gasteiger partial charge in [-0.05, 0) is 48.4 Å². The lowest BCUT2D eigenvalue weighted by atomic mass is 9.76. The first-order chi connectivity index (χ1) is 9.13. The Morgan fingerprint density at radius 3 is 2.53 bits per heavy atom. The number of hydrogen-bond donors (Lipinski definition) is 2. The van der Waals surface area contributed by atoms with Gasteiger partial charge in [0.05, 0.1) is 0 Å². The number of nitrogens with two attached hydrogens (primary N) is 1. The summed E-state index contributed by atoms with van der Waals surface area (Å²) in [4.78, 5) is 0. The maximum Gasteiger partial charge on any atom is 0.0489 e. The van der Waals surface area contributed by atoms with Crippen LogP contribution in [0.25, 0.3) is 0 Å². The summed E-state index contributed by atoms with van der Waals surface area (Å²) >= 11 is 9.64. The predicted octanol–water partition coefficient (Wildman–Crippen LogP) is 4.82. The second-order valence-corrected chi connectivity index (χ2v) is 6.89. The van der Waals surface area contributed by atoms with Crippen molar-refractivity contribution in [3.8, 4) is 0 Å². The lowest BCUT2D eigenvalue weighted by Crippen LogP contribution is -2.35. The van der Waals surface area contributed by atoms with Crippen molar-refractivity contribution < 1.29 is 0 Å². The van der Waals surface area contributed by atoms with Crippen LogP contribution in [0.2, 0.25) is 5.02 Å². The van der Waals surface area contributed by atoms with Gasteiger partial charge in [0.1, 0.15) is 0 Å². The molecule has 3 N–H and O–H groups in total. The normalized spacial score (nSPS) is 25.3. The predicted molar refractivity (Wildman–Crippen MR) is 85.0 cm³/mol. The average Bonchev–Trinajstić information content (AvgIpc) is 2.39. The molecular weight excluding hydrogens is 324 g/mol. The third-order valence-electron chi connectivity index (χ3n) is 4.36. The molecule has 2 nitrogen and oxygen atoms in total. The van der Waals surface area contributed by atoms with Crippen LogP contribution < -0.4 is 11.3 Å². The number of rotatable bonds is 4. The van der Waals surface area contributed by atoms with Gasteiger partial charge >= 0.3 is 0 Å². The second kappa shape index (κ2) is 7.07. The number of hydrogen-bond acceptors (Lipinski definition) is 2. The van der Waals surface area contributed by atoms with Crippen LogP contribution in [0.15, 0.2) is 22.7 Å². The van der Waals surface area contributed by atoms with Crippen LogP contribution >= 0.6 is 27.5 Å². The van der Waals surface area contributed by atoms with Crippen LogP contribution in [-0.4, -0.2) is 0 Å². The summed E-state index contributed by atoms with van der Waals surface area (Å²) in [7, 11) is 0. The Bertz CT molecular complexity index is 396. The lowest BCUT2D eigenvalue weighted by molar-refractivity contribution is 0.219. The van der Waals surface area contributed by atoms with Gasteiger partial charge in [-0.25, -0.2) is 0 Å². The van der Waals surface area contributed by atoms with Crippen LogP contribution in [0.3, 0.4) is 0 Å². The molecule has 1 aromatic rings. The molecule has 19 heavy (non-hydrogen) atoms. The molecule has 106 valence electrons. The molecule has 0 saturated heterocycles. The molecular formula is C15H22BrClN2. The smallest absolute Gasteiger partial charge is 0.0489 e. The second-order valence-electron chi connectivity index (χ2n) is 5.54. The number of hydrazine groups is 1. The van der Waals surface area contributed by atoms with E-state index in [0.29, 0.717) is 5.92 Å². The van der Waals surface area contributed by atoms with E-state index in [9.17, 15) is 0 Å². The van der Waals surface area contributed by atoms with Gasteiger partial charge < -0.3 is 0 Å². The maximum absolute atomic E-state index is 6.14. The maximum atomic E-state index is 6.14. The summed E-state index contributed by atoms with van der Waals surface area (Å²) in [5, 5.41) is 0.756. The van der Waals surface area contributed by atoms with Crippen LogP contribution in [0, 0.1) is 11.8 Å². The van der Waals surface area contributed by atoms with Gasteiger partial charge in [-0.15, -0.1) is 0 Å². The van der Waals surface area contributed by atoms with Gasteiger partial charge in [-0.2, -0.15) is 0 Å². The molecule has 2 rings (SSSR count). The quantitative estimate of drug-likeness (QED) is 0.606. The van der Waals surface area contributed by atoms with E-state index in [0.717, 1.165) is 15.4 Å². The first-order valence-electron chi connectivity index (χ1n) is 7.06. The molecule has 1 fully saturated rings. The molecule has 1 atom stereocenters. The zero-order valence-corrected chi connectivity index (χ0v) is 13.7. The molecule has 1 saturated carbocycles. The molecule has 1 aliphatic rings. The minimum atomic E-state index is 0.202. The summed E-state index contributed by atoms with van der Waals surface area (Å²) in [5.41, 5.74) is 4.18. The van der Waals surface area contributed by atoms with E-state index in [1.165, 1.54) is 37.7 Å². The Labute approximate surface area is 129 Å². The average molecular weight is 346 g/mol. The van der Waals surface area contributed by atoms with E-state index in [4.69, 9.17) is 17.4 Å². The van der Waals surface area contributed by atoms with E-state index >= 15 is 0 Å². The van der Waals surface area contributed by atoms with Gasteiger partial charge in [0, 0.05) is 15.5 Å². The monoisotopic (exact) mass is 344 g/mol. The van der Waals surface area contributed by atoms with Crippen molar-refractivity contribution in [3.05, 3.63) is 33.3 Å². The van der Waals surface area contributed by atoms with Crippen molar-refractivity contribution in [1.29, 1.82) is 0 Å². The minimum absolute atomic E-state index is 0.202. The van der Waals surface area contributed by atoms with Crippen molar-refractivity contribution in [3.63, 3.8) is 0 Å². The molecule has 4 heteroatoms. The Balaban J connectivity index is 2.11. The Morgan fingerprint density at radius 1 is 1.32 bits per heavy atom. The Hall–Kier alpha value is -0.0900. The molecule has 0 heterocycles. The van der Waals surface area contributed by atoms with Crippen LogP contribution in [-0.2, 0) is 0 Å². The number of benzene rings is 1. The largest absolute Gasteiger partial charge is 0.271 e. The van der Waals surface area contributed by atoms with Crippen LogP contribution in [0.1, 0.15) is 50.6 Å². The third-order valence-corrected chi connectivity index (χ3v) is 5.04. The fourth-order valence-corrected chi connectivity index (χ4v) is 4.08. The SMILES string of the molecule is CCC1CCC(C(NN)c2cc(Cl)cc(Br)c2)CC1. The summed E-state index contributed by atoms with van der Waals surface area (Å²) in [6.45, 7) is 2.29. The van der Waals surface area contributed by atoms with E-state index in [1.54, 1.807) is 0 Å². The van der Waals surface area contributed by atoms with E-state index in [2.05, 4.69) is 34.3 Å². The summed E-state index contributed by atoms with van der Waals surface area (Å²) in [5.74, 6) is 7.31. The molecule has 0 aromatic heterocycles. The van der Waals surface area contributed by atoms with Crippen LogP contribution in [0.5, 0.6) is 0 Å². The number of nitrogens with one attached hydrogen (secondary N) is 1. The highest BCUT2D eigenvalue weighted by Gasteiger charge is 2.27. The summed E-state index contributed by atoms with van der Waals surface area (Å²) in [6, 6.07) is 6.24. The molecule has 0 aliphatic heterocycles. The number of halogens is 2. The molecule has 0 spiro atoms. The first-order valence-corrected chi connectivity index (χ1v) is 8.23. The van der Waals surface area contributed by atoms with Crippen molar-refractivity contribution in [2.75, 3.05) is 0 Å². The van der Waals surface area contributed by atoms with Crippen LogP contribution in [0.4, 0.5) is 0 Å². The molecule has 0 bridgehead atoms. The standard InChI is InChI=1S/C15H22BrClN2/c1-2-10-3-5-11(6-4-10)15(19-18)12-7-13(16)9-14(17)8-12/h7-11,15,19H,2-6,18H2,1H3. The highest BCUT2D eigenvalue weighted by atomic mass is 79.9. The van der Waals surface area contributed by atoms with Gasteiger partial charge in [0.2, 0.25) is 0 Å². The lowest BCUT2D eigenvalue weighted by Gasteiger charge is -2.33. The van der Waals surface area contributed by atoms with Gasteiger partial charge in [0.25, 0.3) is 0 Å². The third kappa shape index (κ3) is 3.94. The zero-order chi connectivity index (χ0) is 13.8. The molecule has 1 aromatic carbocycles. The topological polar surface area (TPSA) is 38.0 Å². The first kappa shape index (κ1) is 15.3. The van der Waals surface area contributed by atoms with Crippen molar-refractivity contribution >= 4 is 27.5 Å². The summed E-state index contributed by atoms with van der Waals surface area (Å²) in [6.07, 6.45) is 6.44. The zero-order valence-electron chi connectivity index (χ0n) is 11.3. The van der Waals surface area contributed by atoms with Gasteiger partial charge in [-0.1, -0.05) is 53.7 Å². The summed E-state index contributed by atoms with van der Waals surface area (Å²) < 4.78 is 1.01. The van der Waals surface area contributed by atoms with E-state index in [1.807, 2.05) is 12.1 Å². The fourth-order valence-electron chi connectivity index (χ4n) is 3.19. The van der Waals surface area contributed by atoms with Gasteiger partial charge in [0.15, 0.2) is 0 Å². The highest BCUT2D eigenvalue weighted by Crippen LogP contribution is 2.38. The molecule has 0 amide bonds. The fraction of sp³-hybridized carbons (Fsp3) is 0.600. The van der Waals surface area contributed by atoms with Crippen molar-refractivity contribution in [2.45, 2.75) is 45.1 Å². The van der Waals surface area contributed by atoms with Crippen molar-refractivity contribution in [2.24, 2.45) is 17.7 Å². The van der Waals surface area contributed by atoms with Crippen molar-refractivity contribution in [1.82, 2.24) is 5.43 Å². The Morgan fingerprint density at radius 2 is 2.00 bits per heavy atom. The van der Waals surface area contributed by atoms with E-state index in [-0.39, 0.29) is 6.04 Å². The van der Waals surface area contributed by atoms with E-state index < -0.39 is 0 Å². The highest BCUT2D eigenvalue weighted by molar-refractivity contribution is 9.10. The minimum Gasteiger partial charge on any atom is -0.271 e.